The number of fused-ring (bicyclic) bond motifs is 1. The van der Waals surface area contributed by atoms with E-state index in [0.29, 0.717) is 0 Å². The smallest absolute Gasteiger partial charge is 0.129 e. The van der Waals surface area contributed by atoms with Crippen LogP contribution in [0.1, 0.15) is 42.2 Å². The van der Waals surface area contributed by atoms with Crippen LogP contribution in [-0.4, -0.2) is 9.78 Å². The van der Waals surface area contributed by atoms with E-state index in [1.54, 1.807) is 0 Å². The Labute approximate surface area is 113 Å². The Bertz CT molecular complexity index is 591. The molecule has 4 nitrogen and oxygen atoms in total. The van der Waals surface area contributed by atoms with Gasteiger partial charge in [0.25, 0.3) is 0 Å². The molecule has 3 rings (SSSR count). The van der Waals surface area contributed by atoms with Crippen LogP contribution in [-0.2, 0) is 6.54 Å². The van der Waals surface area contributed by atoms with Gasteiger partial charge < -0.3 is 10.5 Å². The molecule has 0 aliphatic carbocycles. The van der Waals surface area contributed by atoms with Crippen molar-refractivity contribution in [2.24, 2.45) is 5.73 Å². The molecule has 0 amide bonds. The summed E-state index contributed by atoms with van der Waals surface area (Å²) in [7, 11) is 0. The summed E-state index contributed by atoms with van der Waals surface area (Å²) in [5.41, 5.74) is 9.70. The van der Waals surface area contributed by atoms with Gasteiger partial charge >= 0.3 is 0 Å². The lowest BCUT2D eigenvalue weighted by molar-refractivity contribution is 0.161. The highest BCUT2D eigenvalue weighted by atomic mass is 16.5. The van der Waals surface area contributed by atoms with Gasteiger partial charge in [0.15, 0.2) is 0 Å². The molecule has 0 radical (unpaired) electrons. The molecule has 0 bridgehead atoms. The van der Waals surface area contributed by atoms with Gasteiger partial charge in [0, 0.05) is 36.3 Å². The summed E-state index contributed by atoms with van der Waals surface area (Å²) >= 11 is 0. The second-order valence-corrected chi connectivity index (χ2v) is 5.12. The Hall–Kier alpha value is -1.81. The summed E-state index contributed by atoms with van der Waals surface area (Å²) in [6, 6.07) is 6.22. The van der Waals surface area contributed by atoms with Crippen LogP contribution in [0.4, 0.5) is 0 Å². The maximum Gasteiger partial charge on any atom is 0.129 e. The van der Waals surface area contributed by atoms with Crippen LogP contribution < -0.4 is 10.5 Å². The standard InChI is InChI=1S/C15H19N3O/c1-3-18-9-11(8-17-18)15-7-13(16)12-6-10(2)4-5-14(12)19-15/h4-6,8-9,13,15H,3,7,16H2,1-2H3/t13-,15?/m0/s1. The van der Waals surface area contributed by atoms with Crippen LogP contribution in [0.2, 0.25) is 0 Å². The third-order valence-electron chi connectivity index (χ3n) is 3.65. The highest BCUT2D eigenvalue weighted by molar-refractivity contribution is 5.41. The van der Waals surface area contributed by atoms with E-state index in [1.165, 1.54) is 5.56 Å². The van der Waals surface area contributed by atoms with E-state index in [-0.39, 0.29) is 12.1 Å². The van der Waals surface area contributed by atoms with Gasteiger partial charge in [0.1, 0.15) is 11.9 Å². The number of nitrogens with two attached hydrogens (primary N) is 1. The quantitative estimate of drug-likeness (QED) is 0.900. The van der Waals surface area contributed by atoms with Gasteiger partial charge in [-0.15, -0.1) is 0 Å². The first-order valence-electron chi connectivity index (χ1n) is 6.72. The number of hydrogen-bond acceptors (Lipinski definition) is 3. The Kier molecular flexibility index (Phi) is 3.03. The lowest BCUT2D eigenvalue weighted by atomic mass is 9.94. The molecule has 0 fully saturated rings. The summed E-state index contributed by atoms with van der Waals surface area (Å²) in [5.74, 6) is 0.901. The molecule has 1 unspecified atom stereocenters. The SMILES string of the molecule is CCn1cc(C2C[C@H](N)c3cc(C)ccc3O2)cn1. The lowest BCUT2D eigenvalue weighted by Gasteiger charge is -2.30. The van der Waals surface area contributed by atoms with Crippen LogP contribution in [0.25, 0.3) is 0 Å². The molecular weight excluding hydrogens is 238 g/mol. The van der Waals surface area contributed by atoms with Crippen LogP contribution in [0.15, 0.2) is 30.6 Å². The van der Waals surface area contributed by atoms with Crippen molar-refractivity contribution in [1.82, 2.24) is 9.78 Å². The zero-order valence-electron chi connectivity index (χ0n) is 11.3. The molecule has 1 aliphatic rings. The average Bonchev–Trinajstić information content (AvgIpc) is 2.88. The number of rotatable bonds is 2. The normalized spacial score (nSPS) is 21.8. The molecule has 4 heteroatoms. The van der Waals surface area contributed by atoms with Crippen molar-refractivity contribution in [3.8, 4) is 5.75 Å². The molecule has 2 aromatic rings. The van der Waals surface area contributed by atoms with Crippen molar-refractivity contribution >= 4 is 0 Å². The zero-order valence-corrected chi connectivity index (χ0v) is 11.3. The number of aryl methyl sites for hydroxylation is 2. The molecule has 19 heavy (non-hydrogen) atoms. The van der Waals surface area contributed by atoms with Gasteiger partial charge in [-0.25, -0.2) is 0 Å². The van der Waals surface area contributed by atoms with Gasteiger partial charge in [-0.3, -0.25) is 4.68 Å². The first-order chi connectivity index (χ1) is 9.17. The average molecular weight is 257 g/mol. The fourth-order valence-corrected chi connectivity index (χ4v) is 2.55. The highest BCUT2D eigenvalue weighted by Gasteiger charge is 2.27. The zero-order chi connectivity index (χ0) is 13.4. The molecule has 0 saturated heterocycles. The minimum Gasteiger partial charge on any atom is -0.485 e. The highest BCUT2D eigenvalue weighted by Crippen LogP contribution is 2.39. The molecule has 100 valence electrons. The number of nitrogens with zero attached hydrogens (tertiary/aromatic N) is 2. The van der Waals surface area contributed by atoms with Crippen molar-refractivity contribution in [2.75, 3.05) is 0 Å². The summed E-state index contributed by atoms with van der Waals surface area (Å²) in [5, 5.41) is 4.30. The van der Waals surface area contributed by atoms with E-state index in [2.05, 4.69) is 31.1 Å². The summed E-state index contributed by atoms with van der Waals surface area (Å²) < 4.78 is 7.98. The molecule has 1 aliphatic heterocycles. The van der Waals surface area contributed by atoms with E-state index < -0.39 is 0 Å². The van der Waals surface area contributed by atoms with Gasteiger partial charge in [0.05, 0.1) is 6.20 Å². The summed E-state index contributed by atoms with van der Waals surface area (Å²) in [4.78, 5) is 0. The maximum atomic E-state index is 6.28. The molecule has 0 saturated carbocycles. The van der Waals surface area contributed by atoms with Crippen molar-refractivity contribution in [2.45, 2.75) is 39.0 Å². The van der Waals surface area contributed by atoms with E-state index in [4.69, 9.17) is 10.5 Å². The van der Waals surface area contributed by atoms with Crippen LogP contribution >= 0.6 is 0 Å². The predicted octanol–water partition coefficient (Wildman–Crippen LogP) is 2.74. The second-order valence-electron chi connectivity index (χ2n) is 5.12. The van der Waals surface area contributed by atoms with Gasteiger partial charge in [-0.1, -0.05) is 17.7 Å². The molecule has 0 spiro atoms. The summed E-state index contributed by atoms with van der Waals surface area (Å²) in [6.45, 7) is 5.02. The fraction of sp³-hybridized carbons (Fsp3) is 0.400. The third kappa shape index (κ3) is 2.24. The van der Waals surface area contributed by atoms with Crippen molar-refractivity contribution < 1.29 is 4.74 Å². The van der Waals surface area contributed by atoms with Crippen LogP contribution in [0.3, 0.4) is 0 Å². The lowest BCUT2D eigenvalue weighted by Crippen LogP contribution is -2.24. The molecule has 2 atom stereocenters. The predicted molar refractivity (Wildman–Crippen MR) is 74.0 cm³/mol. The number of aromatic nitrogens is 2. The molecule has 2 N–H and O–H groups in total. The topological polar surface area (TPSA) is 53.1 Å². The first-order valence-corrected chi connectivity index (χ1v) is 6.72. The Balaban J connectivity index is 1.90. The fourth-order valence-electron chi connectivity index (χ4n) is 2.55. The Morgan fingerprint density at radius 3 is 3.05 bits per heavy atom. The van der Waals surface area contributed by atoms with Gasteiger partial charge in [0.2, 0.25) is 0 Å². The third-order valence-corrected chi connectivity index (χ3v) is 3.65. The number of hydrogen-bond donors (Lipinski definition) is 1. The summed E-state index contributed by atoms with van der Waals surface area (Å²) in [6.07, 6.45) is 4.72. The number of benzene rings is 1. The van der Waals surface area contributed by atoms with Crippen LogP contribution in [0, 0.1) is 6.92 Å². The minimum atomic E-state index is 0.00510. The Morgan fingerprint density at radius 2 is 2.32 bits per heavy atom. The minimum absolute atomic E-state index is 0.00510. The largest absolute Gasteiger partial charge is 0.485 e. The van der Waals surface area contributed by atoms with E-state index in [0.717, 1.165) is 29.8 Å². The van der Waals surface area contributed by atoms with Gasteiger partial charge in [-0.05, 0) is 19.9 Å². The molecule has 1 aromatic heterocycles. The van der Waals surface area contributed by atoms with E-state index in [9.17, 15) is 0 Å². The van der Waals surface area contributed by atoms with Crippen molar-refractivity contribution in [1.29, 1.82) is 0 Å². The monoisotopic (exact) mass is 257 g/mol. The Morgan fingerprint density at radius 1 is 1.47 bits per heavy atom. The van der Waals surface area contributed by atoms with Crippen molar-refractivity contribution in [3.05, 3.63) is 47.3 Å². The van der Waals surface area contributed by atoms with Crippen molar-refractivity contribution in [3.63, 3.8) is 0 Å². The maximum absolute atomic E-state index is 6.28. The van der Waals surface area contributed by atoms with Gasteiger partial charge in [-0.2, -0.15) is 5.10 Å². The number of ether oxygens (including phenoxy) is 1. The molecule has 1 aromatic carbocycles. The molecule has 2 heterocycles. The van der Waals surface area contributed by atoms with E-state index in [1.807, 2.05) is 23.1 Å². The molecular formula is C15H19N3O. The second kappa shape index (κ2) is 4.70. The first kappa shape index (κ1) is 12.2. The van der Waals surface area contributed by atoms with Crippen LogP contribution in [0.5, 0.6) is 5.75 Å². The van der Waals surface area contributed by atoms with E-state index >= 15 is 0 Å².